The average Bonchev–Trinajstić information content (AvgIpc) is 2.76. The van der Waals surface area contributed by atoms with Crippen molar-refractivity contribution >= 4 is 5.91 Å². The van der Waals surface area contributed by atoms with Gasteiger partial charge in [-0.2, -0.15) is 0 Å². The normalized spacial score (nSPS) is 14.6. The van der Waals surface area contributed by atoms with Gasteiger partial charge in [-0.3, -0.25) is 4.79 Å². The maximum atomic E-state index is 13.2. The highest BCUT2D eigenvalue weighted by Gasteiger charge is 2.33. The molecule has 0 aromatic heterocycles. The quantitative estimate of drug-likeness (QED) is 0.652. The molecular formula is C25H25NO4. The van der Waals surface area contributed by atoms with E-state index in [-0.39, 0.29) is 12.5 Å². The summed E-state index contributed by atoms with van der Waals surface area (Å²) >= 11 is 0. The number of ether oxygens (including phenoxy) is 2. The van der Waals surface area contributed by atoms with E-state index in [1.807, 2.05) is 72.8 Å². The number of carbonyl (C=O) groups excluding carboxylic acids is 1. The molecule has 5 heteroatoms. The molecule has 0 saturated heterocycles. The molecule has 1 amide bonds. The van der Waals surface area contributed by atoms with E-state index < -0.39 is 11.5 Å². The van der Waals surface area contributed by atoms with Gasteiger partial charge in [0.05, 0.1) is 18.6 Å². The van der Waals surface area contributed by atoms with Gasteiger partial charge in [-0.1, -0.05) is 48.5 Å². The van der Waals surface area contributed by atoms with Crippen LogP contribution in [0, 0.1) is 0 Å². The fraction of sp³-hybridized carbons (Fsp3) is 0.240. The van der Waals surface area contributed by atoms with Gasteiger partial charge in [0.2, 0.25) is 5.91 Å². The molecule has 0 bridgehead atoms. The third-order valence-corrected chi connectivity index (χ3v) is 5.33. The minimum absolute atomic E-state index is 0.138. The van der Waals surface area contributed by atoms with Gasteiger partial charge in [-0.05, 0) is 36.8 Å². The summed E-state index contributed by atoms with van der Waals surface area (Å²) < 4.78 is 11.1. The Morgan fingerprint density at radius 2 is 1.57 bits per heavy atom. The fourth-order valence-corrected chi connectivity index (χ4v) is 3.82. The van der Waals surface area contributed by atoms with E-state index in [2.05, 4.69) is 5.32 Å². The van der Waals surface area contributed by atoms with Crippen LogP contribution in [-0.4, -0.2) is 30.3 Å². The van der Waals surface area contributed by atoms with Gasteiger partial charge in [-0.25, -0.2) is 0 Å². The molecule has 1 aliphatic heterocycles. The van der Waals surface area contributed by atoms with Crippen LogP contribution >= 0.6 is 0 Å². The molecule has 0 fully saturated rings. The fourth-order valence-electron chi connectivity index (χ4n) is 3.82. The van der Waals surface area contributed by atoms with Crippen molar-refractivity contribution in [3.63, 3.8) is 0 Å². The maximum absolute atomic E-state index is 13.2. The number of para-hydroxylation sites is 2. The minimum Gasteiger partial charge on any atom is -0.497 e. The highest BCUT2D eigenvalue weighted by molar-refractivity contribution is 5.89. The van der Waals surface area contributed by atoms with Crippen molar-refractivity contribution in [1.82, 2.24) is 5.32 Å². The van der Waals surface area contributed by atoms with E-state index in [4.69, 9.17) is 9.47 Å². The van der Waals surface area contributed by atoms with Gasteiger partial charge in [0.15, 0.2) is 0 Å². The lowest BCUT2D eigenvalue weighted by atomic mass is 9.87. The minimum atomic E-state index is -1.09. The van der Waals surface area contributed by atoms with E-state index in [0.717, 1.165) is 22.4 Å². The molecule has 5 nitrogen and oxygen atoms in total. The molecule has 1 heterocycles. The van der Waals surface area contributed by atoms with E-state index >= 15 is 0 Å². The van der Waals surface area contributed by atoms with Crippen LogP contribution in [-0.2, 0) is 11.2 Å². The van der Waals surface area contributed by atoms with Crippen LogP contribution in [0.1, 0.15) is 29.5 Å². The highest BCUT2D eigenvalue weighted by atomic mass is 16.5. The van der Waals surface area contributed by atoms with Crippen molar-refractivity contribution in [1.29, 1.82) is 0 Å². The summed E-state index contributed by atoms with van der Waals surface area (Å²) in [6.07, 6.45) is 0.415. The first-order chi connectivity index (χ1) is 14.5. The number of nitrogens with one attached hydrogen (secondary N) is 1. The van der Waals surface area contributed by atoms with E-state index in [9.17, 15) is 9.90 Å². The number of carbonyl (C=O) groups is 1. The second-order valence-corrected chi connectivity index (χ2v) is 7.85. The zero-order valence-electron chi connectivity index (χ0n) is 17.1. The number of fused-ring (bicyclic) bond motifs is 2. The van der Waals surface area contributed by atoms with E-state index in [1.54, 1.807) is 14.0 Å². The lowest BCUT2D eigenvalue weighted by Crippen LogP contribution is -2.44. The monoisotopic (exact) mass is 403 g/mol. The van der Waals surface area contributed by atoms with Gasteiger partial charge < -0.3 is 19.9 Å². The molecule has 1 aliphatic rings. The molecule has 0 saturated carbocycles. The Bertz CT molecular complexity index is 998. The summed E-state index contributed by atoms with van der Waals surface area (Å²) in [5, 5.41) is 13.8. The Hall–Kier alpha value is -3.31. The largest absolute Gasteiger partial charge is 0.497 e. The number of amides is 1. The molecule has 30 heavy (non-hydrogen) atoms. The van der Waals surface area contributed by atoms with E-state index in [1.165, 1.54) is 0 Å². The number of benzene rings is 3. The number of hydrogen-bond acceptors (Lipinski definition) is 4. The van der Waals surface area contributed by atoms with Crippen LogP contribution in [0.5, 0.6) is 17.2 Å². The van der Waals surface area contributed by atoms with Crippen LogP contribution in [0.15, 0.2) is 72.8 Å². The Balaban J connectivity index is 1.50. The van der Waals surface area contributed by atoms with Gasteiger partial charge in [-0.15, -0.1) is 0 Å². The molecule has 4 rings (SSSR count). The van der Waals surface area contributed by atoms with Crippen molar-refractivity contribution in [2.75, 3.05) is 13.7 Å². The summed E-state index contributed by atoms with van der Waals surface area (Å²) in [6, 6.07) is 22.7. The van der Waals surface area contributed by atoms with Crippen molar-refractivity contribution in [2.45, 2.75) is 24.9 Å². The van der Waals surface area contributed by atoms with Gasteiger partial charge in [0.1, 0.15) is 17.2 Å². The Labute approximate surface area is 176 Å². The smallest absolute Gasteiger partial charge is 0.232 e. The predicted octanol–water partition coefficient (Wildman–Crippen LogP) is 4.04. The Morgan fingerprint density at radius 1 is 1.00 bits per heavy atom. The van der Waals surface area contributed by atoms with Crippen molar-refractivity contribution < 1.29 is 19.4 Å². The number of aliphatic hydroxyl groups is 1. The van der Waals surface area contributed by atoms with Gasteiger partial charge in [0, 0.05) is 24.1 Å². The summed E-state index contributed by atoms with van der Waals surface area (Å²) in [5.41, 5.74) is 1.53. The van der Waals surface area contributed by atoms with Crippen LogP contribution in [0.3, 0.4) is 0 Å². The number of rotatable bonds is 6. The molecule has 0 unspecified atom stereocenters. The van der Waals surface area contributed by atoms with Crippen molar-refractivity contribution in [3.05, 3.63) is 89.5 Å². The highest BCUT2D eigenvalue weighted by Crippen LogP contribution is 2.43. The summed E-state index contributed by atoms with van der Waals surface area (Å²) in [6.45, 7) is 1.86. The van der Waals surface area contributed by atoms with Crippen LogP contribution in [0.2, 0.25) is 0 Å². The summed E-state index contributed by atoms with van der Waals surface area (Å²) in [4.78, 5) is 13.2. The molecule has 154 valence electrons. The molecular weight excluding hydrogens is 378 g/mol. The van der Waals surface area contributed by atoms with Gasteiger partial charge in [0.25, 0.3) is 0 Å². The predicted molar refractivity (Wildman–Crippen MR) is 115 cm³/mol. The lowest BCUT2D eigenvalue weighted by molar-refractivity contribution is -0.123. The number of hydrogen-bond donors (Lipinski definition) is 2. The molecule has 0 spiro atoms. The molecule has 3 aromatic rings. The average molecular weight is 403 g/mol. The lowest BCUT2D eigenvalue weighted by Gasteiger charge is -2.29. The van der Waals surface area contributed by atoms with Crippen molar-refractivity contribution in [2.24, 2.45) is 0 Å². The van der Waals surface area contributed by atoms with Crippen LogP contribution < -0.4 is 14.8 Å². The molecule has 2 N–H and O–H groups in total. The van der Waals surface area contributed by atoms with Gasteiger partial charge >= 0.3 is 0 Å². The SMILES string of the molecule is COc1ccc(C[C@@](C)(O)CNC(=O)C2c3ccccc3Oc3ccccc32)cc1. The topological polar surface area (TPSA) is 67.8 Å². The molecule has 1 atom stereocenters. The van der Waals surface area contributed by atoms with E-state index in [0.29, 0.717) is 17.9 Å². The maximum Gasteiger partial charge on any atom is 0.232 e. The Morgan fingerprint density at radius 3 is 2.13 bits per heavy atom. The third kappa shape index (κ3) is 4.16. The first-order valence-electron chi connectivity index (χ1n) is 9.95. The second-order valence-electron chi connectivity index (χ2n) is 7.85. The molecule has 0 aliphatic carbocycles. The standard InChI is InChI=1S/C25H25NO4/c1-25(28,15-17-11-13-18(29-2)14-12-17)16-26-24(27)23-19-7-3-5-9-21(19)30-22-10-6-4-8-20(22)23/h3-14,23,28H,15-16H2,1-2H3,(H,26,27)/t25-/m1/s1. The summed E-state index contributed by atoms with van der Waals surface area (Å²) in [5.74, 6) is 1.49. The first-order valence-corrected chi connectivity index (χ1v) is 9.95. The third-order valence-electron chi connectivity index (χ3n) is 5.33. The number of methoxy groups -OCH3 is 1. The summed E-state index contributed by atoms with van der Waals surface area (Å²) in [7, 11) is 1.62. The second kappa shape index (κ2) is 8.20. The first kappa shape index (κ1) is 20.0. The molecule has 0 radical (unpaired) electrons. The zero-order valence-corrected chi connectivity index (χ0v) is 17.1. The van der Waals surface area contributed by atoms with Crippen LogP contribution in [0.4, 0.5) is 0 Å². The van der Waals surface area contributed by atoms with Crippen LogP contribution in [0.25, 0.3) is 0 Å². The molecule has 3 aromatic carbocycles. The zero-order chi connectivity index (χ0) is 21.1. The Kier molecular flexibility index (Phi) is 5.46. The van der Waals surface area contributed by atoms with Crippen molar-refractivity contribution in [3.8, 4) is 17.2 Å².